The summed E-state index contributed by atoms with van der Waals surface area (Å²) in [6.07, 6.45) is 1.78. The molecule has 88 valence electrons. The van der Waals surface area contributed by atoms with E-state index in [1.165, 1.54) is 30.0 Å². The fourth-order valence-corrected chi connectivity index (χ4v) is 1.76. The number of hydrogen-bond acceptors (Lipinski definition) is 4. The van der Waals surface area contributed by atoms with Gasteiger partial charge in [0.25, 0.3) is 0 Å². The van der Waals surface area contributed by atoms with Crippen molar-refractivity contribution in [3.8, 4) is 11.3 Å². The third kappa shape index (κ3) is 2.36. The van der Waals surface area contributed by atoms with Gasteiger partial charge in [0.05, 0.1) is 5.69 Å². The molecule has 17 heavy (non-hydrogen) atoms. The second-order valence-electron chi connectivity index (χ2n) is 3.27. The van der Waals surface area contributed by atoms with Gasteiger partial charge >= 0.3 is 0 Å². The number of nitrogens with two attached hydrogens (primary N) is 1. The molecule has 0 amide bonds. The Morgan fingerprint density at radius 3 is 2.71 bits per heavy atom. The van der Waals surface area contributed by atoms with Crippen molar-refractivity contribution in [3.05, 3.63) is 35.9 Å². The molecule has 0 aliphatic carbocycles. The molecule has 0 radical (unpaired) electrons. The quantitative estimate of drug-likeness (QED) is 0.660. The molecule has 6 heteroatoms. The summed E-state index contributed by atoms with van der Waals surface area (Å²) >= 11 is 1.28. The van der Waals surface area contributed by atoms with Crippen molar-refractivity contribution in [2.75, 3.05) is 12.0 Å². The molecule has 0 aliphatic heterocycles. The highest BCUT2D eigenvalue weighted by atomic mass is 32.2. The first-order valence-electron chi connectivity index (χ1n) is 4.74. The molecule has 1 aromatic carbocycles. The lowest BCUT2D eigenvalue weighted by Gasteiger charge is -2.05. The summed E-state index contributed by atoms with van der Waals surface area (Å²) < 4.78 is 26.7. The van der Waals surface area contributed by atoms with E-state index in [1.807, 2.05) is 0 Å². The molecule has 0 unspecified atom stereocenters. The lowest BCUT2D eigenvalue weighted by Crippen LogP contribution is -1.98. The van der Waals surface area contributed by atoms with E-state index < -0.39 is 11.6 Å². The van der Waals surface area contributed by atoms with E-state index in [4.69, 9.17) is 5.73 Å². The molecule has 2 aromatic rings. The zero-order valence-corrected chi connectivity index (χ0v) is 9.76. The van der Waals surface area contributed by atoms with Gasteiger partial charge in [0, 0.05) is 11.6 Å². The first-order valence-corrected chi connectivity index (χ1v) is 5.97. The molecular formula is C11H9F2N3S. The van der Waals surface area contributed by atoms with Crippen LogP contribution in [-0.4, -0.2) is 16.2 Å². The van der Waals surface area contributed by atoms with E-state index in [0.29, 0.717) is 5.16 Å². The van der Waals surface area contributed by atoms with Crippen LogP contribution in [0.3, 0.4) is 0 Å². The van der Waals surface area contributed by atoms with Crippen molar-refractivity contribution >= 4 is 17.6 Å². The summed E-state index contributed by atoms with van der Waals surface area (Å²) in [4.78, 5) is 8.03. The SMILES string of the molecule is CSc1nc(N)cc(-c2cccc(F)c2F)n1. The van der Waals surface area contributed by atoms with Crippen LogP contribution in [0, 0.1) is 11.6 Å². The zero-order chi connectivity index (χ0) is 12.4. The first-order chi connectivity index (χ1) is 8.11. The largest absolute Gasteiger partial charge is 0.384 e. The standard InChI is InChI=1S/C11H9F2N3S/c1-17-11-15-8(5-9(14)16-11)6-3-2-4-7(12)10(6)13/h2-5H,1H3,(H2,14,15,16). The van der Waals surface area contributed by atoms with Crippen LogP contribution in [0.15, 0.2) is 29.4 Å². The molecule has 0 aliphatic rings. The summed E-state index contributed by atoms with van der Waals surface area (Å²) in [5.41, 5.74) is 5.93. The number of benzene rings is 1. The van der Waals surface area contributed by atoms with Gasteiger partial charge in [-0.15, -0.1) is 0 Å². The second kappa shape index (κ2) is 4.67. The van der Waals surface area contributed by atoms with E-state index >= 15 is 0 Å². The van der Waals surface area contributed by atoms with Crippen molar-refractivity contribution in [1.82, 2.24) is 9.97 Å². The molecular weight excluding hydrogens is 244 g/mol. The highest BCUT2D eigenvalue weighted by Gasteiger charge is 2.12. The van der Waals surface area contributed by atoms with Crippen molar-refractivity contribution in [1.29, 1.82) is 0 Å². The number of aromatic nitrogens is 2. The number of hydrogen-bond donors (Lipinski definition) is 1. The van der Waals surface area contributed by atoms with Crippen molar-refractivity contribution in [2.24, 2.45) is 0 Å². The van der Waals surface area contributed by atoms with Crippen LogP contribution in [0.5, 0.6) is 0 Å². The maximum atomic E-state index is 13.6. The van der Waals surface area contributed by atoms with Crippen LogP contribution in [0.4, 0.5) is 14.6 Å². The molecule has 1 aromatic heterocycles. The van der Waals surface area contributed by atoms with E-state index in [9.17, 15) is 8.78 Å². The molecule has 0 fully saturated rings. The van der Waals surface area contributed by atoms with Gasteiger partial charge < -0.3 is 5.73 Å². The minimum Gasteiger partial charge on any atom is -0.384 e. The van der Waals surface area contributed by atoms with Gasteiger partial charge in [-0.1, -0.05) is 17.8 Å². The molecule has 0 atom stereocenters. The maximum absolute atomic E-state index is 13.6. The van der Waals surface area contributed by atoms with Gasteiger partial charge in [0.15, 0.2) is 16.8 Å². The Bertz CT molecular complexity index is 560. The topological polar surface area (TPSA) is 51.8 Å². The molecule has 1 heterocycles. The van der Waals surface area contributed by atoms with Gasteiger partial charge in [-0.05, 0) is 18.4 Å². The lowest BCUT2D eigenvalue weighted by molar-refractivity contribution is 0.511. The van der Waals surface area contributed by atoms with Crippen LogP contribution in [0.2, 0.25) is 0 Å². The number of halogens is 2. The summed E-state index contributed by atoms with van der Waals surface area (Å²) in [6.45, 7) is 0. The number of nitrogens with zero attached hydrogens (tertiary/aromatic N) is 2. The Hall–Kier alpha value is -1.69. The average Bonchev–Trinajstić information content (AvgIpc) is 2.31. The van der Waals surface area contributed by atoms with Gasteiger partial charge in [-0.2, -0.15) is 0 Å². The average molecular weight is 253 g/mol. The monoisotopic (exact) mass is 253 g/mol. The Morgan fingerprint density at radius 2 is 2.00 bits per heavy atom. The molecule has 0 spiro atoms. The van der Waals surface area contributed by atoms with Crippen LogP contribution >= 0.6 is 11.8 Å². The van der Waals surface area contributed by atoms with Crippen LogP contribution < -0.4 is 5.73 Å². The fraction of sp³-hybridized carbons (Fsp3) is 0.0909. The Kier molecular flexibility index (Phi) is 3.23. The first kappa shape index (κ1) is 11.8. The predicted molar refractivity (Wildman–Crippen MR) is 63.6 cm³/mol. The lowest BCUT2D eigenvalue weighted by atomic mass is 10.1. The zero-order valence-electron chi connectivity index (χ0n) is 8.95. The summed E-state index contributed by atoms with van der Waals surface area (Å²) in [6, 6.07) is 5.34. The van der Waals surface area contributed by atoms with E-state index in [0.717, 1.165) is 6.07 Å². The third-order valence-electron chi connectivity index (χ3n) is 2.14. The molecule has 2 N–H and O–H groups in total. The van der Waals surface area contributed by atoms with Crippen molar-refractivity contribution in [2.45, 2.75) is 5.16 Å². The smallest absolute Gasteiger partial charge is 0.189 e. The van der Waals surface area contributed by atoms with Gasteiger partial charge in [-0.3, -0.25) is 0 Å². The Balaban J connectivity index is 2.60. The predicted octanol–water partition coefficient (Wildman–Crippen LogP) is 2.73. The number of nitrogen functional groups attached to an aromatic ring is 1. The normalized spacial score (nSPS) is 10.5. The van der Waals surface area contributed by atoms with Crippen molar-refractivity contribution in [3.63, 3.8) is 0 Å². The molecule has 2 rings (SSSR count). The van der Waals surface area contributed by atoms with Crippen LogP contribution in [0.25, 0.3) is 11.3 Å². The molecule has 0 saturated carbocycles. The molecule has 0 saturated heterocycles. The number of rotatable bonds is 2. The minimum atomic E-state index is -0.933. The van der Waals surface area contributed by atoms with E-state index in [1.54, 1.807) is 6.26 Å². The van der Waals surface area contributed by atoms with Gasteiger partial charge in [0.2, 0.25) is 0 Å². The van der Waals surface area contributed by atoms with E-state index in [2.05, 4.69) is 9.97 Å². The third-order valence-corrected chi connectivity index (χ3v) is 2.68. The number of thioether (sulfide) groups is 1. The van der Waals surface area contributed by atoms with Gasteiger partial charge in [-0.25, -0.2) is 18.7 Å². The summed E-state index contributed by atoms with van der Waals surface area (Å²) in [5, 5.41) is 0.420. The van der Waals surface area contributed by atoms with Crippen LogP contribution in [-0.2, 0) is 0 Å². The molecule has 0 bridgehead atoms. The summed E-state index contributed by atoms with van der Waals surface area (Å²) in [5.74, 6) is -1.62. The Labute approximate surface area is 101 Å². The minimum absolute atomic E-state index is 0.0781. The Morgan fingerprint density at radius 1 is 1.24 bits per heavy atom. The molecule has 3 nitrogen and oxygen atoms in total. The highest BCUT2D eigenvalue weighted by Crippen LogP contribution is 2.25. The van der Waals surface area contributed by atoms with E-state index in [-0.39, 0.29) is 17.1 Å². The second-order valence-corrected chi connectivity index (χ2v) is 4.04. The highest BCUT2D eigenvalue weighted by molar-refractivity contribution is 7.98. The fourth-order valence-electron chi connectivity index (χ4n) is 1.37. The number of anilines is 1. The van der Waals surface area contributed by atoms with Crippen LogP contribution in [0.1, 0.15) is 0 Å². The summed E-state index contributed by atoms with van der Waals surface area (Å²) in [7, 11) is 0. The maximum Gasteiger partial charge on any atom is 0.189 e. The van der Waals surface area contributed by atoms with Crippen molar-refractivity contribution < 1.29 is 8.78 Å². The van der Waals surface area contributed by atoms with Gasteiger partial charge in [0.1, 0.15) is 5.82 Å².